The Bertz CT molecular complexity index is 501. The number of nitro benzene ring substituents is 1. The van der Waals surface area contributed by atoms with Crippen molar-refractivity contribution in [3.63, 3.8) is 0 Å². The van der Waals surface area contributed by atoms with E-state index in [0.717, 1.165) is 25.1 Å². The van der Waals surface area contributed by atoms with E-state index in [1.165, 1.54) is 6.07 Å². The van der Waals surface area contributed by atoms with E-state index in [9.17, 15) is 19.3 Å². The topological polar surface area (TPSA) is 84.3 Å². The molecule has 2 rings (SSSR count). The molecule has 1 aromatic rings. The van der Waals surface area contributed by atoms with E-state index in [1.807, 2.05) is 0 Å². The fourth-order valence-electron chi connectivity index (χ4n) is 2.09. The molecule has 6 nitrogen and oxygen atoms in total. The smallest absolute Gasteiger partial charge is 0.295 e. The van der Waals surface area contributed by atoms with Crippen molar-refractivity contribution in [1.82, 2.24) is 5.32 Å². The number of anilines is 1. The highest BCUT2D eigenvalue weighted by atomic mass is 19.1. The fourth-order valence-corrected chi connectivity index (χ4v) is 2.09. The van der Waals surface area contributed by atoms with Crippen LogP contribution in [-0.2, 0) is 4.79 Å². The van der Waals surface area contributed by atoms with Gasteiger partial charge in [-0.05, 0) is 25.5 Å². The quantitative estimate of drug-likeness (QED) is 0.644. The maximum absolute atomic E-state index is 13.6. The molecule has 1 aliphatic rings. The minimum atomic E-state index is -0.800. The molecule has 1 atom stereocenters. The van der Waals surface area contributed by atoms with Gasteiger partial charge in [-0.15, -0.1) is 0 Å². The summed E-state index contributed by atoms with van der Waals surface area (Å²) >= 11 is 0. The maximum atomic E-state index is 13.6. The van der Waals surface area contributed by atoms with Gasteiger partial charge in [-0.1, -0.05) is 6.07 Å². The van der Waals surface area contributed by atoms with Gasteiger partial charge in [-0.3, -0.25) is 14.9 Å². The third kappa shape index (κ3) is 3.05. The zero-order valence-electron chi connectivity index (χ0n) is 10.2. The highest BCUT2D eigenvalue weighted by molar-refractivity contribution is 5.95. The van der Waals surface area contributed by atoms with Crippen molar-refractivity contribution in [2.24, 2.45) is 5.92 Å². The molecule has 1 aliphatic heterocycles. The van der Waals surface area contributed by atoms with Gasteiger partial charge in [0, 0.05) is 12.6 Å². The van der Waals surface area contributed by atoms with Gasteiger partial charge in [-0.2, -0.15) is 0 Å². The summed E-state index contributed by atoms with van der Waals surface area (Å²) in [6, 6.07) is 3.49. The number of piperidine rings is 1. The number of benzene rings is 1. The van der Waals surface area contributed by atoms with Gasteiger partial charge in [0.15, 0.2) is 11.5 Å². The second kappa shape index (κ2) is 5.75. The molecule has 0 saturated carbocycles. The van der Waals surface area contributed by atoms with Crippen LogP contribution in [-0.4, -0.2) is 23.9 Å². The number of hydrogen-bond donors (Lipinski definition) is 2. The Morgan fingerprint density at radius 1 is 1.53 bits per heavy atom. The summed E-state index contributed by atoms with van der Waals surface area (Å²) in [7, 11) is 0. The summed E-state index contributed by atoms with van der Waals surface area (Å²) in [5.41, 5.74) is -0.791. The van der Waals surface area contributed by atoms with Gasteiger partial charge >= 0.3 is 0 Å². The number of nitro groups is 1. The number of carbonyl (C=O) groups excluding carboxylic acids is 1. The van der Waals surface area contributed by atoms with E-state index in [-0.39, 0.29) is 17.5 Å². The largest absolute Gasteiger partial charge is 0.318 e. The molecule has 0 spiro atoms. The van der Waals surface area contributed by atoms with Crippen LogP contribution in [0.15, 0.2) is 18.2 Å². The minimum Gasteiger partial charge on any atom is -0.318 e. The summed E-state index contributed by atoms with van der Waals surface area (Å²) in [6.07, 6.45) is 1.55. The highest BCUT2D eigenvalue weighted by Crippen LogP contribution is 2.27. The molecule has 1 aromatic carbocycles. The predicted octanol–water partition coefficient (Wildman–Crippen LogP) is 1.67. The van der Waals surface area contributed by atoms with Crippen LogP contribution in [0.3, 0.4) is 0 Å². The van der Waals surface area contributed by atoms with Gasteiger partial charge in [0.2, 0.25) is 5.91 Å². The molecule has 0 aromatic heterocycles. The van der Waals surface area contributed by atoms with Crippen molar-refractivity contribution in [1.29, 1.82) is 0 Å². The first kappa shape index (κ1) is 13.4. The molecule has 7 heteroatoms. The van der Waals surface area contributed by atoms with Crippen LogP contribution in [0, 0.1) is 21.8 Å². The summed E-state index contributed by atoms with van der Waals surface area (Å²) < 4.78 is 13.6. The summed E-state index contributed by atoms with van der Waals surface area (Å²) in [6.45, 7) is 1.36. The van der Waals surface area contributed by atoms with Crippen molar-refractivity contribution < 1.29 is 14.1 Å². The molecule has 19 heavy (non-hydrogen) atoms. The molecule has 0 radical (unpaired) electrons. The average molecular weight is 267 g/mol. The molecule has 1 heterocycles. The Kier molecular flexibility index (Phi) is 4.06. The molecule has 1 saturated heterocycles. The SMILES string of the molecule is O=C(Nc1c(F)cccc1[N+](=O)[O-])C1CCCNC1. The molecular weight excluding hydrogens is 253 g/mol. The molecular formula is C12H14FN3O3. The first-order chi connectivity index (χ1) is 9.09. The van der Waals surface area contributed by atoms with Crippen molar-refractivity contribution in [3.05, 3.63) is 34.1 Å². The Labute approximate surface area is 109 Å². The Morgan fingerprint density at radius 2 is 2.32 bits per heavy atom. The monoisotopic (exact) mass is 267 g/mol. The third-order valence-corrected chi connectivity index (χ3v) is 3.10. The maximum Gasteiger partial charge on any atom is 0.295 e. The second-order valence-electron chi connectivity index (χ2n) is 4.42. The lowest BCUT2D eigenvalue weighted by molar-refractivity contribution is -0.384. The number of hydrogen-bond acceptors (Lipinski definition) is 4. The second-order valence-corrected chi connectivity index (χ2v) is 4.42. The lowest BCUT2D eigenvalue weighted by atomic mass is 9.98. The van der Waals surface area contributed by atoms with Crippen molar-refractivity contribution in [2.45, 2.75) is 12.8 Å². The number of amides is 1. The average Bonchev–Trinajstić information content (AvgIpc) is 2.41. The molecule has 2 N–H and O–H groups in total. The van der Waals surface area contributed by atoms with Gasteiger partial charge < -0.3 is 10.6 Å². The molecule has 0 aliphatic carbocycles. The Hall–Kier alpha value is -2.02. The number of carbonyl (C=O) groups is 1. The van der Waals surface area contributed by atoms with Gasteiger partial charge in [0.05, 0.1) is 10.8 Å². The van der Waals surface area contributed by atoms with Crippen LogP contribution in [0.5, 0.6) is 0 Å². The van der Waals surface area contributed by atoms with Gasteiger partial charge in [-0.25, -0.2) is 4.39 Å². The minimum absolute atomic E-state index is 0.284. The number of halogens is 1. The van der Waals surface area contributed by atoms with Crippen LogP contribution in [0.4, 0.5) is 15.8 Å². The summed E-state index contributed by atoms with van der Waals surface area (Å²) in [5, 5.41) is 16.2. The molecule has 0 bridgehead atoms. The van der Waals surface area contributed by atoms with E-state index >= 15 is 0 Å². The van der Waals surface area contributed by atoms with Gasteiger partial charge in [0.1, 0.15) is 0 Å². The van der Waals surface area contributed by atoms with E-state index in [0.29, 0.717) is 13.0 Å². The number of nitrogens with one attached hydrogen (secondary N) is 2. The van der Waals surface area contributed by atoms with Crippen molar-refractivity contribution >= 4 is 17.3 Å². The first-order valence-corrected chi connectivity index (χ1v) is 6.04. The first-order valence-electron chi connectivity index (χ1n) is 6.04. The van der Waals surface area contributed by atoms with Crippen LogP contribution in [0.1, 0.15) is 12.8 Å². The zero-order valence-corrected chi connectivity index (χ0v) is 10.2. The number of nitrogens with zero attached hydrogens (tertiary/aromatic N) is 1. The van der Waals surface area contributed by atoms with E-state index < -0.39 is 16.4 Å². The zero-order chi connectivity index (χ0) is 13.8. The van der Waals surface area contributed by atoms with E-state index in [4.69, 9.17) is 0 Å². The lowest BCUT2D eigenvalue weighted by Crippen LogP contribution is -2.37. The Balaban J connectivity index is 2.18. The van der Waals surface area contributed by atoms with Crippen molar-refractivity contribution in [2.75, 3.05) is 18.4 Å². The summed E-state index contributed by atoms with van der Waals surface area (Å²) in [4.78, 5) is 22.1. The predicted molar refractivity (Wildman–Crippen MR) is 67.3 cm³/mol. The highest BCUT2D eigenvalue weighted by Gasteiger charge is 2.25. The molecule has 1 fully saturated rings. The molecule has 102 valence electrons. The van der Waals surface area contributed by atoms with Crippen LogP contribution >= 0.6 is 0 Å². The van der Waals surface area contributed by atoms with Crippen LogP contribution < -0.4 is 10.6 Å². The third-order valence-electron chi connectivity index (χ3n) is 3.10. The molecule has 1 amide bonds. The normalized spacial score (nSPS) is 18.9. The van der Waals surface area contributed by atoms with Crippen LogP contribution in [0.25, 0.3) is 0 Å². The standard InChI is InChI=1S/C12H14FN3O3/c13-9-4-1-5-10(16(18)19)11(9)15-12(17)8-3-2-6-14-7-8/h1,4-5,8,14H,2-3,6-7H2,(H,15,17). The lowest BCUT2D eigenvalue weighted by Gasteiger charge is -2.21. The number of rotatable bonds is 3. The number of para-hydroxylation sites is 1. The van der Waals surface area contributed by atoms with Crippen molar-refractivity contribution in [3.8, 4) is 0 Å². The van der Waals surface area contributed by atoms with Crippen LogP contribution in [0.2, 0.25) is 0 Å². The fraction of sp³-hybridized carbons (Fsp3) is 0.417. The summed E-state index contributed by atoms with van der Waals surface area (Å²) in [5.74, 6) is -1.47. The molecule has 1 unspecified atom stereocenters. The van der Waals surface area contributed by atoms with Gasteiger partial charge in [0.25, 0.3) is 5.69 Å². The van der Waals surface area contributed by atoms with E-state index in [1.54, 1.807) is 0 Å². The Morgan fingerprint density at radius 3 is 2.95 bits per heavy atom. The van der Waals surface area contributed by atoms with E-state index in [2.05, 4.69) is 10.6 Å².